The molecule has 0 saturated carbocycles. The number of carbonyl (C=O) groups excluding carboxylic acids is 1. The second kappa shape index (κ2) is 10.1. The smallest absolute Gasteiger partial charge is 0.265 e. The van der Waals surface area contributed by atoms with E-state index in [1.807, 2.05) is 11.9 Å². The second-order valence-electron chi connectivity index (χ2n) is 5.80. The molecular weight excluding hydrogens is 384 g/mol. The van der Waals surface area contributed by atoms with Crippen LogP contribution >= 0.6 is 36.2 Å². The van der Waals surface area contributed by atoms with Gasteiger partial charge in [-0.25, -0.2) is 9.37 Å². The number of nitrogens with zero attached hydrogens (tertiary/aromatic N) is 2. The molecule has 8 heteroatoms. The zero-order valence-corrected chi connectivity index (χ0v) is 16.4. The quantitative estimate of drug-likeness (QED) is 0.839. The molecule has 0 bridgehead atoms. The molecule has 1 fully saturated rings. The van der Waals surface area contributed by atoms with Crippen molar-refractivity contribution in [3.05, 3.63) is 41.2 Å². The van der Waals surface area contributed by atoms with Crippen LogP contribution < -0.4 is 5.32 Å². The highest BCUT2D eigenvalue weighted by Crippen LogP contribution is 2.28. The Hall–Kier alpha value is -1.21. The maximum atomic E-state index is 13.8. The fraction of sp³-hybridized carbons (Fsp3) is 0.412. The molecule has 1 saturated heterocycles. The van der Waals surface area contributed by atoms with Gasteiger partial charge in [-0.3, -0.25) is 4.79 Å². The fourth-order valence-corrected chi connectivity index (χ4v) is 3.83. The van der Waals surface area contributed by atoms with Crippen LogP contribution in [0.4, 0.5) is 4.39 Å². The van der Waals surface area contributed by atoms with Gasteiger partial charge in [0.1, 0.15) is 15.7 Å². The number of carbonyl (C=O) groups is 1. The lowest BCUT2D eigenvalue weighted by molar-refractivity contribution is 0.0695. The number of hydrogen-bond donors (Lipinski definition) is 1. The molecule has 0 aliphatic carbocycles. The van der Waals surface area contributed by atoms with Crippen LogP contribution in [0.1, 0.15) is 22.5 Å². The minimum atomic E-state index is -0.311. The van der Waals surface area contributed by atoms with Gasteiger partial charge in [0.2, 0.25) is 0 Å². The van der Waals surface area contributed by atoms with E-state index >= 15 is 0 Å². The number of amides is 1. The molecule has 2 heterocycles. The zero-order chi connectivity index (χ0) is 16.2. The van der Waals surface area contributed by atoms with Crippen molar-refractivity contribution in [1.29, 1.82) is 0 Å². The normalized spacial score (nSPS) is 14.6. The monoisotopic (exact) mass is 405 g/mol. The minimum Gasteiger partial charge on any atom is -0.338 e. The Morgan fingerprint density at radius 1 is 1.32 bits per heavy atom. The van der Waals surface area contributed by atoms with Crippen LogP contribution in [0.3, 0.4) is 0 Å². The molecule has 4 nitrogen and oxygen atoms in total. The number of piperidine rings is 1. The predicted molar refractivity (Wildman–Crippen MR) is 105 cm³/mol. The van der Waals surface area contributed by atoms with Crippen molar-refractivity contribution < 1.29 is 9.18 Å². The summed E-state index contributed by atoms with van der Waals surface area (Å²) in [4.78, 5) is 19.3. The SMILES string of the molecule is CNCC1CCN(C(=O)c2cnc(-c3ccccc3F)s2)CC1.Cl.Cl. The highest BCUT2D eigenvalue weighted by atomic mass is 35.5. The van der Waals surface area contributed by atoms with Crippen LogP contribution in [0.5, 0.6) is 0 Å². The largest absolute Gasteiger partial charge is 0.338 e. The fourth-order valence-electron chi connectivity index (χ4n) is 2.92. The number of rotatable bonds is 4. The van der Waals surface area contributed by atoms with E-state index in [0.717, 1.165) is 32.5 Å². The van der Waals surface area contributed by atoms with E-state index in [9.17, 15) is 9.18 Å². The molecule has 1 aromatic carbocycles. The van der Waals surface area contributed by atoms with Crippen molar-refractivity contribution in [1.82, 2.24) is 15.2 Å². The number of likely N-dealkylation sites (tertiary alicyclic amines) is 1. The van der Waals surface area contributed by atoms with E-state index in [1.165, 1.54) is 17.4 Å². The molecule has 0 atom stereocenters. The Bertz CT molecular complexity index is 690. The minimum absolute atomic E-state index is 0. The summed E-state index contributed by atoms with van der Waals surface area (Å²) in [6, 6.07) is 6.51. The summed E-state index contributed by atoms with van der Waals surface area (Å²) < 4.78 is 13.8. The van der Waals surface area contributed by atoms with Crippen LogP contribution in [0.25, 0.3) is 10.6 Å². The van der Waals surface area contributed by atoms with Gasteiger partial charge in [0, 0.05) is 18.7 Å². The van der Waals surface area contributed by atoms with E-state index in [1.54, 1.807) is 24.4 Å². The molecule has 3 rings (SSSR count). The standard InChI is InChI=1S/C17H20FN3OS.2ClH/c1-19-10-12-6-8-21(9-7-12)17(22)15-11-20-16(23-15)13-4-2-3-5-14(13)18;;/h2-5,11-12,19H,6-10H2,1H3;2*1H. The molecule has 1 aliphatic heterocycles. The molecule has 25 heavy (non-hydrogen) atoms. The van der Waals surface area contributed by atoms with Gasteiger partial charge in [0.05, 0.1) is 6.20 Å². The second-order valence-corrected chi connectivity index (χ2v) is 6.83. The number of halogens is 3. The number of aromatic nitrogens is 1. The van der Waals surface area contributed by atoms with Gasteiger partial charge >= 0.3 is 0 Å². The van der Waals surface area contributed by atoms with Crippen LogP contribution in [0.2, 0.25) is 0 Å². The Morgan fingerprint density at radius 3 is 2.64 bits per heavy atom. The van der Waals surface area contributed by atoms with Crippen LogP contribution in [-0.2, 0) is 0 Å². The summed E-state index contributed by atoms with van der Waals surface area (Å²) in [5.41, 5.74) is 0.448. The summed E-state index contributed by atoms with van der Waals surface area (Å²) in [6.45, 7) is 2.55. The average Bonchev–Trinajstić information content (AvgIpc) is 3.05. The molecular formula is C17H22Cl2FN3OS. The first-order valence-corrected chi connectivity index (χ1v) is 8.65. The number of thiazole rings is 1. The lowest BCUT2D eigenvalue weighted by Crippen LogP contribution is -2.40. The summed E-state index contributed by atoms with van der Waals surface area (Å²) in [5.74, 6) is 0.334. The Kier molecular flexibility index (Phi) is 8.79. The third-order valence-electron chi connectivity index (χ3n) is 4.22. The van der Waals surface area contributed by atoms with Crippen molar-refractivity contribution in [3.63, 3.8) is 0 Å². The molecule has 138 valence electrons. The average molecular weight is 406 g/mol. The first kappa shape index (κ1) is 21.8. The summed E-state index contributed by atoms with van der Waals surface area (Å²) in [5, 5.41) is 3.75. The zero-order valence-electron chi connectivity index (χ0n) is 13.9. The van der Waals surface area contributed by atoms with Crippen molar-refractivity contribution >= 4 is 42.1 Å². The van der Waals surface area contributed by atoms with Gasteiger partial charge in [0.15, 0.2) is 0 Å². The van der Waals surface area contributed by atoms with Crippen LogP contribution in [-0.4, -0.2) is 42.5 Å². The summed E-state index contributed by atoms with van der Waals surface area (Å²) in [7, 11) is 1.96. The third-order valence-corrected chi connectivity index (χ3v) is 5.23. The van der Waals surface area contributed by atoms with E-state index in [4.69, 9.17) is 0 Å². The predicted octanol–water partition coefficient (Wildman–Crippen LogP) is 3.86. The third kappa shape index (κ3) is 5.14. The molecule has 1 N–H and O–H groups in total. The Labute approximate surface area is 163 Å². The van der Waals surface area contributed by atoms with Crippen LogP contribution in [0, 0.1) is 11.7 Å². The molecule has 0 unspecified atom stereocenters. The van der Waals surface area contributed by atoms with Crippen molar-refractivity contribution in [3.8, 4) is 10.6 Å². The highest BCUT2D eigenvalue weighted by molar-refractivity contribution is 7.16. The molecule has 1 aliphatic rings. The maximum absolute atomic E-state index is 13.8. The van der Waals surface area contributed by atoms with Crippen molar-refractivity contribution in [2.24, 2.45) is 5.92 Å². The van der Waals surface area contributed by atoms with Crippen LogP contribution in [0.15, 0.2) is 30.5 Å². The topological polar surface area (TPSA) is 45.2 Å². The first-order chi connectivity index (χ1) is 11.2. The molecule has 1 aromatic heterocycles. The van der Waals surface area contributed by atoms with E-state index in [2.05, 4.69) is 10.3 Å². The molecule has 2 aromatic rings. The van der Waals surface area contributed by atoms with Gasteiger partial charge in [-0.15, -0.1) is 36.2 Å². The molecule has 0 radical (unpaired) electrons. The van der Waals surface area contributed by atoms with E-state index in [-0.39, 0.29) is 36.5 Å². The number of nitrogens with one attached hydrogen (secondary N) is 1. The van der Waals surface area contributed by atoms with Crippen molar-refractivity contribution in [2.45, 2.75) is 12.8 Å². The van der Waals surface area contributed by atoms with E-state index in [0.29, 0.717) is 21.4 Å². The van der Waals surface area contributed by atoms with Gasteiger partial charge in [0.25, 0.3) is 5.91 Å². The van der Waals surface area contributed by atoms with Gasteiger partial charge in [-0.05, 0) is 44.5 Å². The number of hydrogen-bond acceptors (Lipinski definition) is 4. The lowest BCUT2D eigenvalue weighted by Gasteiger charge is -2.31. The summed E-state index contributed by atoms with van der Waals surface area (Å²) in [6.07, 6.45) is 3.60. The van der Waals surface area contributed by atoms with Crippen molar-refractivity contribution in [2.75, 3.05) is 26.7 Å². The maximum Gasteiger partial charge on any atom is 0.265 e. The number of benzene rings is 1. The van der Waals surface area contributed by atoms with Gasteiger partial charge in [-0.1, -0.05) is 12.1 Å². The molecule has 0 spiro atoms. The summed E-state index contributed by atoms with van der Waals surface area (Å²) >= 11 is 1.26. The van der Waals surface area contributed by atoms with Gasteiger partial charge < -0.3 is 10.2 Å². The first-order valence-electron chi connectivity index (χ1n) is 7.83. The lowest BCUT2D eigenvalue weighted by atomic mass is 9.97. The Morgan fingerprint density at radius 2 is 2.00 bits per heavy atom. The van der Waals surface area contributed by atoms with Gasteiger partial charge in [-0.2, -0.15) is 0 Å². The highest BCUT2D eigenvalue weighted by Gasteiger charge is 2.25. The molecule has 1 amide bonds. The Balaban J connectivity index is 0.00000156. The van der Waals surface area contributed by atoms with E-state index < -0.39 is 0 Å².